The van der Waals surface area contributed by atoms with Crippen LogP contribution in [0.2, 0.25) is 5.02 Å². The van der Waals surface area contributed by atoms with E-state index in [9.17, 15) is 5.11 Å². The molecule has 21 heavy (non-hydrogen) atoms. The zero-order valence-corrected chi connectivity index (χ0v) is 13.7. The molecule has 1 aromatic carbocycles. The summed E-state index contributed by atoms with van der Waals surface area (Å²) in [6.07, 6.45) is 3.31. The lowest BCUT2D eigenvalue weighted by atomic mass is 9.97. The summed E-state index contributed by atoms with van der Waals surface area (Å²) < 4.78 is 5.61. The van der Waals surface area contributed by atoms with Crippen molar-refractivity contribution in [2.45, 2.75) is 57.9 Å². The van der Waals surface area contributed by atoms with Gasteiger partial charge in [-0.2, -0.15) is 0 Å². The van der Waals surface area contributed by atoms with Gasteiger partial charge in [-0.15, -0.1) is 0 Å². The molecule has 1 aliphatic heterocycles. The van der Waals surface area contributed by atoms with Gasteiger partial charge in [-0.1, -0.05) is 30.2 Å². The highest BCUT2D eigenvalue weighted by Gasteiger charge is 2.26. The van der Waals surface area contributed by atoms with Crippen LogP contribution in [0.3, 0.4) is 0 Å². The second-order valence-electron chi connectivity index (χ2n) is 6.12. The topological polar surface area (TPSA) is 32.7 Å². The Morgan fingerprint density at radius 3 is 2.48 bits per heavy atom. The predicted molar refractivity (Wildman–Crippen MR) is 86.6 cm³/mol. The van der Waals surface area contributed by atoms with E-state index in [0.717, 1.165) is 10.6 Å². The van der Waals surface area contributed by atoms with E-state index >= 15 is 0 Å². The van der Waals surface area contributed by atoms with E-state index in [1.165, 1.54) is 19.3 Å². The zero-order chi connectivity index (χ0) is 15.2. The highest BCUT2D eigenvalue weighted by atomic mass is 35.5. The van der Waals surface area contributed by atoms with Gasteiger partial charge >= 0.3 is 0 Å². The summed E-state index contributed by atoms with van der Waals surface area (Å²) in [6, 6.07) is 8.72. The summed E-state index contributed by atoms with van der Waals surface area (Å²) in [7, 11) is 0. The number of hydrogen-bond acceptors (Lipinski definition) is 3. The van der Waals surface area contributed by atoms with E-state index in [1.54, 1.807) is 0 Å². The number of aliphatic hydroxyl groups excluding tert-OH is 1. The van der Waals surface area contributed by atoms with E-state index in [4.69, 9.17) is 16.3 Å². The number of rotatable bonds is 6. The van der Waals surface area contributed by atoms with E-state index in [0.29, 0.717) is 31.8 Å². The van der Waals surface area contributed by atoms with Gasteiger partial charge in [0.25, 0.3) is 0 Å². The second-order valence-corrected chi connectivity index (χ2v) is 6.56. The van der Waals surface area contributed by atoms with Gasteiger partial charge < -0.3 is 9.84 Å². The molecule has 0 unspecified atom stereocenters. The number of hydrogen-bond donors (Lipinski definition) is 1. The molecule has 2 rings (SSSR count). The fourth-order valence-corrected chi connectivity index (χ4v) is 3.15. The van der Waals surface area contributed by atoms with Gasteiger partial charge in [0.2, 0.25) is 0 Å². The van der Waals surface area contributed by atoms with Crippen molar-refractivity contribution in [2.75, 3.05) is 13.2 Å². The lowest BCUT2D eigenvalue weighted by Crippen LogP contribution is -2.48. The third kappa shape index (κ3) is 5.26. The van der Waals surface area contributed by atoms with Crippen LogP contribution in [-0.2, 0) is 11.3 Å². The number of ether oxygens (including phenoxy) is 1. The van der Waals surface area contributed by atoms with E-state index in [2.05, 4.69) is 18.7 Å². The SMILES string of the molecule is C[C@@H]1CCC[C@@H](C)N1C[C@@H](O)COCc1ccc(Cl)cc1. The molecule has 1 heterocycles. The largest absolute Gasteiger partial charge is 0.389 e. The lowest BCUT2D eigenvalue weighted by Gasteiger charge is -2.40. The smallest absolute Gasteiger partial charge is 0.0900 e. The van der Waals surface area contributed by atoms with Crippen LogP contribution in [0.1, 0.15) is 38.7 Å². The summed E-state index contributed by atoms with van der Waals surface area (Å²) >= 11 is 5.85. The highest BCUT2D eigenvalue weighted by Crippen LogP contribution is 2.22. The van der Waals surface area contributed by atoms with E-state index < -0.39 is 6.10 Å². The van der Waals surface area contributed by atoms with Gasteiger partial charge in [0.15, 0.2) is 0 Å². The Labute approximate surface area is 132 Å². The van der Waals surface area contributed by atoms with Gasteiger partial charge in [-0.05, 0) is 44.4 Å². The first-order valence-electron chi connectivity index (χ1n) is 7.82. The van der Waals surface area contributed by atoms with Crippen LogP contribution < -0.4 is 0 Å². The molecule has 1 aliphatic rings. The lowest BCUT2D eigenvalue weighted by molar-refractivity contribution is -0.0135. The molecule has 0 aromatic heterocycles. The van der Waals surface area contributed by atoms with Crippen LogP contribution in [0.15, 0.2) is 24.3 Å². The Kier molecular flexibility index (Phi) is 6.49. The van der Waals surface area contributed by atoms with Crippen LogP contribution in [-0.4, -0.2) is 41.3 Å². The molecule has 0 radical (unpaired) electrons. The monoisotopic (exact) mass is 311 g/mol. The number of halogens is 1. The molecular formula is C17H26ClNO2. The van der Waals surface area contributed by atoms with Crippen LogP contribution >= 0.6 is 11.6 Å². The van der Waals surface area contributed by atoms with E-state index in [1.807, 2.05) is 24.3 Å². The number of benzene rings is 1. The van der Waals surface area contributed by atoms with Gasteiger partial charge in [-0.25, -0.2) is 0 Å². The maximum absolute atomic E-state index is 10.2. The summed E-state index contributed by atoms with van der Waals surface area (Å²) in [5.74, 6) is 0. The molecule has 0 aliphatic carbocycles. The molecule has 0 bridgehead atoms. The minimum absolute atomic E-state index is 0.374. The van der Waals surface area contributed by atoms with Crippen LogP contribution in [0, 0.1) is 0 Å². The Morgan fingerprint density at radius 2 is 1.86 bits per heavy atom. The number of nitrogens with zero attached hydrogens (tertiary/aromatic N) is 1. The summed E-state index contributed by atoms with van der Waals surface area (Å²) in [4.78, 5) is 2.40. The van der Waals surface area contributed by atoms with E-state index in [-0.39, 0.29) is 0 Å². The first kappa shape index (κ1) is 16.8. The van der Waals surface area contributed by atoms with Crippen molar-refractivity contribution in [3.8, 4) is 0 Å². The molecule has 118 valence electrons. The second kappa shape index (κ2) is 8.14. The van der Waals surface area contributed by atoms with Gasteiger partial charge in [0.1, 0.15) is 0 Å². The molecule has 1 N–H and O–H groups in total. The Hall–Kier alpha value is -0.610. The average molecular weight is 312 g/mol. The van der Waals surface area contributed by atoms with Crippen molar-refractivity contribution in [1.82, 2.24) is 4.90 Å². The fourth-order valence-electron chi connectivity index (χ4n) is 3.02. The third-order valence-corrected chi connectivity index (χ3v) is 4.54. The van der Waals surface area contributed by atoms with Crippen LogP contribution in [0.4, 0.5) is 0 Å². The third-order valence-electron chi connectivity index (χ3n) is 4.29. The van der Waals surface area contributed by atoms with Crippen molar-refractivity contribution < 1.29 is 9.84 Å². The Balaban J connectivity index is 1.71. The normalized spacial score (nSPS) is 25.0. The van der Waals surface area contributed by atoms with Crippen molar-refractivity contribution in [3.63, 3.8) is 0 Å². The van der Waals surface area contributed by atoms with Crippen LogP contribution in [0.25, 0.3) is 0 Å². The predicted octanol–water partition coefficient (Wildman–Crippen LogP) is 3.48. The fraction of sp³-hybridized carbons (Fsp3) is 0.647. The van der Waals surface area contributed by atoms with Gasteiger partial charge in [0.05, 0.1) is 19.3 Å². The quantitative estimate of drug-likeness (QED) is 0.873. The molecule has 1 saturated heterocycles. The first-order valence-corrected chi connectivity index (χ1v) is 8.20. The summed E-state index contributed by atoms with van der Waals surface area (Å²) in [5, 5.41) is 10.9. The van der Waals surface area contributed by atoms with Crippen molar-refractivity contribution in [3.05, 3.63) is 34.9 Å². The minimum atomic E-state index is -0.430. The number of likely N-dealkylation sites (tertiary alicyclic amines) is 1. The first-order chi connectivity index (χ1) is 10.1. The number of piperidine rings is 1. The van der Waals surface area contributed by atoms with Gasteiger partial charge in [0, 0.05) is 23.7 Å². The zero-order valence-electron chi connectivity index (χ0n) is 13.0. The molecule has 4 heteroatoms. The molecule has 0 amide bonds. The maximum atomic E-state index is 10.2. The van der Waals surface area contributed by atoms with Crippen LogP contribution in [0.5, 0.6) is 0 Å². The summed E-state index contributed by atoms with van der Waals surface area (Å²) in [6.45, 7) is 6.08. The minimum Gasteiger partial charge on any atom is -0.389 e. The standard InChI is InChI=1S/C17H26ClNO2/c1-13-4-3-5-14(2)19(13)10-17(20)12-21-11-15-6-8-16(18)9-7-15/h6-9,13-14,17,20H,3-5,10-12H2,1-2H3/t13-,14-,17-/m1/s1. The molecule has 3 nitrogen and oxygen atoms in total. The Bertz CT molecular complexity index is 413. The molecular weight excluding hydrogens is 286 g/mol. The Morgan fingerprint density at radius 1 is 1.24 bits per heavy atom. The van der Waals surface area contributed by atoms with Crippen molar-refractivity contribution in [2.24, 2.45) is 0 Å². The number of β-amino-alcohol motifs (C(OH)–C–C–N with tert-alkyl or cyclic N) is 1. The summed E-state index contributed by atoms with van der Waals surface area (Å²) in [5.41, 5.74) is 1.08. The maximum Gasteiger partial charge on any atom is 0.0900 e. The molecule has 1 aromatic rings. The molecule has 3 atom stereocenters. The van der Waals surface area contributed by atoms with Gasteiger partial charge in [-0.3, -0.25) is 4.90 Å². The average Bonchev–Trinajstić information content (AvgIpc) is 2.45. The van der Waals surface area contributed by atoms with Crippen molar-refractivity contribution >= 4 is 11.6 Å². The molecule has 1 fully saturated rings. The molecule has 0 saturated carbocycles. The molecule has 0 spiro atoms. The van der Waals surface area contributed by atoms with Crippen molar-refractivity contribution in [1.29, 1.82) is 0 Å². The highest BCUT2D eigenvalue weighted by molar-refractivity contribution is 6.30. The number of aliphatic hydroxyl groups is 1.